The van der Waals surface area contributed by atoms with Crippen LogP contribution in [0.2, 0.25) is 0 Å². The Hall–Kier alpha value is -1.25. The number of benzene rings is 1. The molecule has 0 saturated heterocycles. The number of rotatable bonds is 6. The molecular formula is C13H16N2O3S3. The van der Waals surface area contributed by atoms with Gasteiger partial charge in [0.1, 0.15) is 5.75 Å². The fourth-order valence-electron chi connectivity index (χ4n) is 1.48. The zero-order chi connectivity index (χ0) is 15.5. The molecule has 1 aromatic heterocycles. The van der Waals surface area contributed by atoms with E-state index in [2.05, 4.69) is 4.98 Å². The van der Waals surface area contributed by atoms with Crippen molar-refractivity contribution in [2.24, 2.45) is 0 Å². The topological polar surface area (TPSA) is 59.5 Å². The van der Waals surface area contributed by atoms with Crippen molar-refractivity contribution in [1.29, 1.82) is 0 Å². The van der Waals surface area contributed by atoms with Crippen LogP contribution in [0.4, 0.5) is 5.13 Å². The summed E-state index contributed by atoms with van der Waals surface area (Å²) in [7, 11) is -0.113. The van der Waals surface area contributed by atoms with Gasteiger partial charge in [0.15, 0.2) is 5.13 Å². The van der Waals surface area contributed by atoms with Crippen molar-refractivity contribution in [3.8, 4) is 5.75 Å². The number of hydrogen-bond donors (Lipinski definition) is 0. The lowest BCUT2D eigenvalue weighted by Crippen LogP contribution is -2.24. The first-order valence-electron chi connectivity index (χ1n) is 6.05. The molecule has 0 N–H and O–H groups in total. The van der Waals surface area contributed by atoms with Gasteiger partial charge < -0.3 is 4.74 Å². The molecule has 0 aliphatic rings. The molecule has 0 aliphatic carbocycles. The lowest BCUT2D eigenvalue weighted by atomic mass is 10.2. The van der Waals surface area contributed by atoms with Crippen molar-refractivity contribution >= 4 is 38.3 Å². The molecule has 0 spiro atoms. The molecule has 0 fully saturated rings. The highest BCUT2D eigenvalue weighted by Gasteiger charge is 2.15. The Morgan fingerprint density at radius 2 is 2.00 bits per heavy atom. The van der Waals surface area contributed by atoms with Crippen LogP contribution in [0, 0.1) is 0 Å². The van der Waals surface area contributed by atoms with E-state index in [1.54, 1.807) is 25.1 Å². The number of sulfonamides is 1. The first kappa shape index (κ1) is 16.1. The number of thioether (sulfide) groups is 1. The minimum atomic E-state index is -3.26. The minimum Gasteiger partial charge on any atom is -0.497 e. The smallest absolute Gasteiger partial charge is 0.233 e. The molecule has 0 aliphatic heterocycles. The van der Waals surface area contributed by atoms with Crippen molar-refractivity contribution in [2.45, 2.75) is 9.96 Å². The highest BCUT2D eigenvalue weighted by Crippen LogP contribution is 2.32. The first-order valence-corrected chi connectivity index (χ1v) is 9.70. The second-order valence-corrected chi connectivity index (χ2v) is 8.63. The molecule has 114 valence electrons. The largest absolute Gasteiger partial charge is 0.497 e. The summed E-state index contributed by atoms with van der Waals surface area (Å²) in [4.78, 5) is 4.15. The number of aromatic nitrogens is 1. The normalized spacial score (nSPS) is 11.4. The number of hydrogen-bond acceptors (Lipinski definition) is 6. The summed E-state index contributed by atoms with van der Waals surface area (Å²) in [6, 6.07) is 7.86. The summed E-state index contributed by atoms with van der Waals surface area (Å²) in [5.41, 5.74) is 1.17. The van der Waals surface area contributed by atoms with Gasteiger partial charge in [-0.2, -0.15) is 0 Å². The molecule has 2 rings (SSSR count). The van der Waals surface area contributed by atoms with Crippen LogP contribution in [0.5, 0.6) is 5.75 Å². The number of nitrogens with zero attached hydrogens (tertiary/aromatic N) is 2. The Bertz CT molecular complexity index is 696. The number of anilines is 1. The van der Waals surface area contributed by atoms with Crippen molar-refractivity contribution in [2.75, 3.05) is 24.7 Å². The number of thiazole rings is 1. The van der Waals surface area contributed by atoms with Gasteiger partial charge in [0.05, 0.1) is 23.8 Å². The van der Waals surface area contributed by atoms with Gasteiger partial charge in [-0.3, -0.25) is 0 Å². The third kappa shape index (κ3) is 4.36. The van der Waals surface area contributed by atoms with Crippen LogP contribution >= 0.6 is 23.1 Å². The van der Waals surface area contributed by atoms with E-state index in [1.807, 2.05) is 24.3 Å². The molecular weight excluding hydrogens is 328 g/mol. The van der Waals surface area contributed by atoms with Crippen molar-refractivity contribution in [3.05, 3.63) is 36.0 Å². The Morgan fingerprint density at radius 3 is 2.57 bits per heavy atom. The maximum absolute atomic E-state index is 11.5. The first-order chi connectivity index (χ1) is 9.90. The maximum Gasteiger partial charge on any atom is 0.233 e. The van der Waals surface area contributed by atoms with Crippen molar-refractivity contribution in [3.63, 3.8) is 0 Å². The molecule has 0 amide bonds. The average Bonchev–Trinajstić information content (AvgIpc) is 2.92. The third-order valence-corrected chi connectivity index (χ3v) is 6.40. The van der Waals surface area contributed by atoms with Gasteiger partial charge in [0.25, 0.3) is 0 Å². The van der Waals surface area contributed by atoms with E-state index in [0.29, 0.717) is 5.13 Å². The van der Waals surface area contributed by atoms with E-state index in [0.717, 1.165) is 15.7 Å². The fraction of sp³-hybridized carbons (Fsp3) is 0.308. The summed E-state index contributed by atoms with van der Waals surface area (Å²) in [6.07, 6.45) is 2.87. The van der Waals surface area contributed by atoms with E-state index in [1.165, 1.54) is 34.5 Å². The lowest BCUT2D eigenvalue weighted by molar-refractivity contribution is 0.414. The molecule has 0 saturated carbocycles. The quantitative estimate of drug-likeness (QED) is 0.754. The number of methoxy groups -OCH3 is 1. The fourth-order valence-corrected chi connectivity index (χ4v) is 4.11. The summed E-state index contributed by atoms with van der Waals surface area (Å²) < 4.78 is 30.2. The monoisotopic (exact) mass is 344 g/mol. The average molecular weight is 344 g/mol. The summed E-state index contributed by atoms with van der Waals surface area (Å²) in [5.74, 6) is 1.63. The second-order valence-electron chi connectivity index (χ2n) is 4.33. The van der Waals surface area contributed by atoms with Gasteiger partial charge in [0, 0.05) is 12.8 Å². The highest BCUT2D eigenvalue weighted by atomic mass is 32.2. The predicted octanol–water partition coefficient (Wildman–Crippen LogP) is 2.84. The molecule has 1 heterocycles. The summed E-state index contributed by atoms with van der Waals surface area (Å²) in [6.45, 7) is 0. The van der Waals surface area contributed by atoms with Gasteiger partial charge in [-0.25, -0.2) is 17.7 Å². The standard InChI is InChI=1S/C13H16N2O3S3/c1-15(21(3,16)17)13-14-8-12(20-13)19-9-10-4-6-11(18-2)7-5-10/h4-8H,9H2,1-3H3. The zero-order valence-corrected chi connectivity index (χ0v) is 14.4. The van der Waals surface area contributed by atoms with Crippen LogP contribution in [-0.2, 0) is 15.8 Å². The third-order valence-electron chi connectivity index (χ3n) is 2.78. The lowest BCUT2D eigenvalue weighted by Gasteiger charge is -2.11. The van der Waals surface area contributed by atoms with E-state index in [9.17, 15) is 8.42 Å². The molecule has 1 aromatic carbocycles. The van der Waals surface area contributed by atoms with Gasteiger partial charge in [0.2, 0.25) is 10.0 Å². The van der Waals surface area contributed by atoms with E-state index in [-0.39, 0.29) is 0 Å². The molecule has 2 aromatic rings. The Balaban J connectivity index is 1.99. The summed E-state index contributed by atoms with van der Waals surface area (Å²) in [5, 5.41) is 0.481. The molecule has 8 heteroatoms. The van der Waals surface area contributed by atoms with Crippen molar-refractivity contribution in [1.82, 2.24) is 4.98 Å². The Labute approximate surface area is 133 Å². The van der Waals surface area contributed by atoms with Crippen LogP contribution in [0.3, 0.4) is 0 Å². The molecule has 0 radical (unpaired) electrons. The zero-order valence-electron chi connectivity index (χ0n) is 11.9. The van der Waals surface area contributed by atoms with E-state index in [4.69, 9.17) is 4.74 Å². The molecule has 0 atom stereocenters. The van der Waals surface area contributed by atoms with Gasteiger partial charge in [-0.15, -0.1) is 11.8 Å². The molecule has 21 heavy (non-hydrogen) atoms. The number of ether oxygens (including phenoxy) is 1. The van der Waals surface area contributed by atoms with E-state index >= 15 is 0 Å². The van der Waals surface area contributed by atoms with Crippen molar-refractivity contribution < 1.29 is 13.2 Å². The van der Waals surface area contributed by atoms with Crippen LogP contribution in [0.25, 0.3) is 0 Å². The maximum atomic E-state index is 11.5. The van der Waals surface area contributed by atoms with Gasteiger partial charge in [-0.1, -0.05) is 23.5 Å². The van der Waals surface area contributed by atoms with Crippen LogP contribution in [0.15, 0.2) is 34.7 Å². The van der Waals surface area contributed by atoms with E-state index < -0.39 is 10.0 Å². The minimum absolute atomic E-state index is 0.481. The highest BCUT2D eigenvalue weighted by molar-refractivity contribution is 8.00. The van der Waals surface area contributed by atoms with Crippen LogP contribution in [0.1, 0.15) is 5.56 Å². The molecule has 0 unspecified atom stereocenters. The van der Waals surface area contributed by atoms with Gasteiger partial charge >= 0.3 is 0 Å². The molecule has 0 bridgehead atoms. The second kappa shape index (κ2) is 6.67. The Morgan fingerprint density at radius 1 is 1.33 bits per heavy atom. The SMILES string of the molecule is COc1ccc(CSc2cnc(N(C)S(C)(=O)=O)s2)cc1. The Kier molecular flexibility index (Phi) is 5.13. The van der Waals surface area contributed by atoms with Crippen LogP contribution in [-0.4, -0.2) is 33.8 Å². The summed E-state index contributed by atoms with van der Waals surface area (Å²) >= 11 is 3.00. The van der Waals surface area contributed by atoms with Gasteiger partial charge in [-0.05, 0) is 17.7 Å². The molecule has 5 nitrogen and oxygen atoms in total. The predicted molar refractivity (Wildman–Crippen MR) is 87.9 cm³/mol. The van der Waals surface area contributed by atoms with Crippen LogP contribution < -0.4 is 9.04 Å².